The standard InChI is InChI=1S/C19H32ClNO2.H2O/c1-2-3-4-5-6-7-8-16-9-11-17(12-10-16)13-14-19(21,15-22)18(20)23;/h9-12,18,22-23H,2-8,13-15,21H2,1H3;1H2. The molecule has 0 aromatic heterocycles. The number of hydrogen-bond donors (Lipinski definition) is 3. The lowest BCUT2D eigenvalue weighted by Gasteiger charge is -2.28. The van der Waals surface area contributed by atoms with Gasteiger partial charge in [-0.1, -0.05) is 74.9 Å². The van der Waals surface area contributed by atoms with Gasteiger partial charge in [-0.3, -0.25) is 0 Å². The number of nitrogens with two attached hydrogens (primary N) is 1. The normalized spacial score (nSPS) is 14.7. The molecule has 0 aliphatic rings. The van der Waals surface area contributed by atoms with E-state index in [1.165, 1.54) is 44.1 Å². The number of aliphatic hydroxyl groups is 2. The van der Waals surface area contributed by atoms with E-state index in [2.05, 4.69) is 31.2 Å². The summed E-state index contributed by atoms with van der Waals surface area (Å²) in [6.45, 7) is 1.92. The zero-order valence-electron chi connectivity index (χ0n) is 14.8. The van der Waals surface area contributed by atoms with Crippen molar-refractivity contribution in [3.63, 3.8) is 0 Å². The summed E-state index contributed by atoms with van der Waals surface area (Å²) in [6, 6.07) is 8.53. The largest absolute Gasteiger partial charge is 0.412 e. The van der Waals surface area contributed by atoms with E-state index in [-0.39, 0.29) is 12.1 Å². The monoisotopic (exact) mass is 359 g/mol. The van der Waals surface area contributed by atoms with E-state index in [4.69, 9.17) is 17.3 Å². The third-order valence-electron chi connectivity index (χ3n) is 4.49. The zero-order valence-corrected chi connectivity index (χ0v) is 15.6. The first-order valence-corrected chi connectivity index (χ1v) is 9.25. The van der Waals surface area contributed by atoms with Crippen LogP contribution in [0.3, 0.4) is 0 Å². The van der Waals surface area contributed by atoms with E-state index in [0.29, 0.717) is 12.8 Å². The second-order valence-electron chi connectivity index (χ2n) is 6.56. The Kier molecular flexibility index (Phi) is 12.3. The molecule has 1 aromatic rings. The highest BCUT2D eigenvalue weighted by Gasteiger charge is 2.31. The van der Waals surface area contributed by atoms with Crippen molar-refractivity contribution in [3.8, 4) is 0 Å². The van der Waals surface area contributed by atoms with Crippen LogP contribution >= 0.6 is 11.6 Å². The van der Waals surface area contributed by atoms with Crippen LogP contribution in [0, 0.1) is 0 Å². The minimum absolute atomic E-state index is 0. The number of alkyl halides is 1. The molecule has 0 radical (unpaired) electrons. The molecule has 1 aromatic carbocycles. The van der Waals surface area contributed by atoms with Crippen LogP contribution in [0.5, 0.6) is 0 Å². The predicted octanol–water partition coefficient (Wildman–Crippen LogP) is 2.94. The Morgan fingerprint density at radius 2 is 1.50 bits per heavy atom. The molecular formula is C19H34ClNO3. The topological polar surface area (TPSA) is 98.0 Å². The maximum absolute atomic E-state index is 9.45. The fourth-order valence-electron chi connectivity index (χ4n) is 2.63. The number of benzene rings is 1. The molecule has 0 bridgehead atoms. The molecule has 24 heavy (non-hydrogen) atoms. The number of hydrogen-bond acceptors (Lipinski definition) is 3. The van der Waals surface area contributed by atoms with Crippen LogP contribution < -0.4 is 5.73 Å². The van der Waals surface area contributed by atoms with Crippen LogP contribution in [0.4, 0.5) is 0 Å². The van der Waals surface area contributed by atoms with Crippen molar-refractivity contribution in [2.24, 2.45) is 5.73 Å². The molecule has 6 N–H and O–H groups in total. The van der Waals surface area contributed by atoms with Gasteiger partial charge in [0.05, 0.1) is 12.1 Å². The molecule has 0 saturated carbocycles. The van der Waals surface area contributed by atoms with Crippen LogP contribution in [0.25, 0.3) is 0 Å². The Morgan fingerprint density at radius 1 is 1.00 bits per heavy atom. The van der Waals surface area contributed by atoms with Crippen molar-refractivity contribution in [2.75, 3.05) is 6.61 Å². The molecule has 0 saturated heterocycles. The fourth-order valence-corrected chi connectivity index (χ4v) is 2.81. The first kappa shape index (κ1) is 23.4. The summed E-state index contributed by atoms with van der Waals surface area (Å²) in [4.78, 5) is 0. The third kappa shape index (κ3) is 8.45. The summed E-state index contributed by atoms with van der Waals surface area (Å²) in [5.74, 6) is 0. The van der Waals surface area contributed by atoms with Crippen LogP contribution in [-0.2, 0) is 12.8 Å². The summed E-state index contributed by atoms with van der Waals surface area (Å²) in [6.07, 6.45) is 10.2. The van der Waals surface area contributed by atoms with E-state index < -0.39 is 11.1 Å². The summed E-state index contributed by atoms with van der Waals surface area (Å²) in [5, 5.41) is 18.7. The van der Waals surface area contributed by atoms with Gasteiger partial charge in [-0.2, -0.15) is 0 Å². The average Bonchev–Trinajstić information content (AvgIpc) is 2.56. The van der Waals surface area contributed by atoms with Gasteiger partial charge >= 0.3 is 0 Å². The second kappa shape index (κ2) is 12.7. The molecule has 5 heteroatoms. The molecule has 0 spiro atoms. The maximum atomic E-state index is 9.45. The predicted molar refractivity (Wildman–Crippen MR) is 101 cm³/mol. The first-order chi connectivity index (χ1) is 11.0. The Labute approximate surface area is 151 Å². The van der Waals surface area contributed by atoms with Gasteiger partial charge in [-0.25, -0.2) is 0 Å². The molecule has 0 heterocycles. The summed E-state index contributed by atoms with van der Waals surface area (Å²) in [5.41, 5.74) is 6.04. The van der Waals surface area contributed by atoms with E-state index in [1.807, 2.05) is 0 Å². The van der Waals surface area contributed by atoms with E-state index in [0.717, 1.165) is 12.0 Å². The Hall–Kier alpha value is -0.650. The first-order valence-electron chi connectivity index (χ1n) is 8.81. The zero-order chi connectivity index (χ0) is 17.1. The lowest BCUT2D eigenvalue weighted by atomic mass is 9.93. The molecule has 0 amide bonds. The number of aliphatic hydroxyl groups excluding tert-OH is 2. The van der Waals surface area contributed by atoms with E-state index in [9.17, 15) is 10.2 Å². The van der Waals surface area contributed by atoms with Crippen LogP contribution in [-0.4, -0.2) is 33.4 Å². The van der Waals surface area contributed by atoms with Gasteiger partial charge in [0.1, 0.15) is 5.56 Å². The van der Waals surface area contributed by atoms with Crippen molar-refractivity contribution < 1.29 is 15.7 Å². The van der Waals surface area contributed by atoms with Crippen molar-refractivity contribution in [2.45, 2.75) is 75.8 Å². The highest BCUT2D eigenvalue weighted by Crippen LogP contribution is 2.19. The van der Waals surface area contributed by atoms with Crippen molar-refractivity contribution in [3.05, 3.63) is 35.4 Å². The molecule has 140 valence electrons. The van der Waals surface area contributed by atoms with Crippen molar-refractivity contribution in [1.82, 2.24) is 0 Å². The van der Waals surface area contributed by atoms with Gasteiger partial charge in [-0.05, 0) is 36.8 Å². The van der Waals surface area contributed by atoms with Gasteiger partial charge in [-0.15, -0.1) is 0 Å². The Bertz CT molecular complexity index is 425. The van der Waals surface area contributed by atoms with Gasteiger partial charge in [0.2, 0.25) is 0 Å². The molecule has 0 fully saturated rings. The maximum Gasteiger partial charge on any atom is 0.148 e. The van der Waals surface area contributed by atoms with E-state index in [1.54, 1.807) is 0 Å². The molecule has 2 atom stereocenters. The van der Waals surface area contributed by atoms with Crippen molar-refractivity contribution in [1.29, 1.82) is 0 Å². The number of unbranched alkanes of at least 4 members (excludes halogenated alkanes) is 5. The lowest BCUT2D eigenvalue weighted by Crippen LogP contribution is -2.52. The minimum atomic E-state index is -1.24. The number of aryl methyl sites for hydroxylation is 2. The van der Waals surface area contributed by atoms with Gasteiger partial charge in [0, 0.05) is 0 Å². The molecule has 0 aliphatic carbocycles. The summed E-state index contributed by atoms with van der Waals surface area (Å²) >= 11 is 5.65. The van der Waals surface area contributed by atoms with Crippen LogP contribution in [0.2, 0.25) is 0 Å². The molecule has 1 rings (SSSR count). The van der Waals surface area contributed by atoms with Crippen molar-refractivity contribution >= 4 is 11.6 Å². The Morgan fingerprint density at radius 3 is 2.00 bits per heavy atom. The average molecular weight is 360 g/mol. The molecule has 2 unspecified atom stereocenters. The summed E-state index contributed by atoms with van der Waals surface area (Å²) < 4.78 is 0. The molecular weight excluding hydrogens is 326 g/mol. The fraction of sp³-hybridized carbons (Fsp3) is 0.684. The van der Waals surface area contributed by atoms with Crippen LogP contribution in [0.15, 0.2) is 24.3 Å². The minimum Gasteiger partial charge on any atom is -0.412 e. The highest BCUT2D eigenvalue weighted by atomic mass is 35.5. The Balaban J connectivity index is 0.00000529. The number of halogens is 1. The summed E-state index contributed by atoms with van der Waals surface area (Å²) in [7, 11) is 0. The van der Waals surface area contributed by atoms with Gasteiger partial charge in [0.25, 0.3) is 0 Å². The van der Waals surface area contributed by atoms with Gasteiger partial charge < -0.3 is 21.4 Å². The SMILES string of the molecule is CCCCCCCCc1ccc(CCC(N)(CO)C(O)Cl)cc1.O. The quantitative estimate of drug-likeness (QED) is 0.395. The second-order valence-corrected chi connectivity index (χ2v) is 6.97. The smallest absolute Gasteiger partial charge is 0.148 e. The van der Waals surface area contributed by atoms with E-state index >= 15 is 0 Å². The van der Waals surface area contributed by atoms with Crippen LogP contribution in [0.1, 0.15) is 63.0 Å². The molecule has 0 aliphatic heterocycles. The third-order valence-corrected chi connectivity index (χ3v) is 4.92. The molecule has 4 nitrogen and oxygen atoms in total. The highest BCUT2D eigenvalue weighted by molar-refractivity contribution is 6.20. The lowest BCUT2D eigenvalue weighted by molar-refractivity contribution is 0.0887. The van der Waals surface area contributed by atoms with Gasteiger partial charge in [0.15, 0.2) is 0 Å². The number of rotatable bonds is 12.